The number of fused-ring (bicyclic) bond motifs is 1. The molecule has 0 aromatic carbocycles. The number of carbonyl (C=O) groups excluding carboxylic acids is 2. The van der Waals surface area contributed by atoms with Gasteiger partial charge in [-0.25, -0.2) is 18.6 Å². The summed E-state index contributed by atoms with van der Waals surface area (Å²) in [6, 6.07) is 4.46. The van der Waals surface area contributed by atoms with Crippen molar-refractivity contribution in [3.05, 3.63) is 34.8 Å². The van der Waals surface area contributed by atoms with Gasteiger partial charge in [0, 0.05) is 25.3 Å². The Hall–Kier alpha value is -3.16. The first kappa shape index (κ1) is 24.9. The number of esters is 1. The number of pyridine rings is 1. The van der Waals surface area contributed by atoms with Crippen LogP contribution in [0.1, 0.15) is 79.8 Å². The predicted molar refractivity (Wildman–Crippen MR) is 116 cm³/mol. The van der Waals surface area contributed by atoms with Crippen LogP contribution < -0.4 is 5.32 Å². The molecule has 0 spiro atoms. The lowest BCUT2D eigenvalue weighted by Gasteiger charge is -2.28. The first-order valence-corrected chi connectivity index (χ1v) is 11.6. The highest BCUT2D eigenvalue weighted by molar-refractivity contribution is 6.00. The van der Waals surface area contributed by atoms with E-state index in [0.717, 1.165) is 0 Å². The number of ether oxygens (including phenoxy) is 1. The molecule has 0 radical (unpaired) electrons. The Kier molecular flexibility index (Phi) is 6.28. The van der Waals surface area contributed by atoms with Crippen LogP contribution in [0.3, 0.4) is 0 Å². The molecule has 2 saturated carbocycles. The second-order valence-electron chi connectivity index (χ2n) is 9.49. The van der Waals surface area contributed by atoms with Crippen molar-refractivity contribution in [3.8, 4) is 6.07 Å². The highest BCUT2D eigenvalue weighted by Crippen LogP contribution is 2.40. The monoisotopic (exact) mass is 494 g/mol. The molecule has 35 heavy (non-hydrogen) atoms. The Morgan fingerprint density at radius 1 is 1.26 bits per heavy atom. The van der Waals surface area contributed by atoms with E-state index in [1.807, 2.05) is 6.07 Å². The minimum absolute atomic E-state index is 0.00977. The fourth-order valence-electron chi connectivity index (χ4n) is 4.63. The normalized spacial score (nSPS) is 19.2. The molecule has 0 aliphatic heterocycles. The molecule has 2 aromatic heterocycles. The lowest BCUT2D eigenvalue weighted by Crippen LogP contribution is -2.44. The Bertz CT molecular complexity index is 1200. The molecule has 188 valence electrons. The first-order chi connectivity index (χ1) is 16.4. The number of nitrogens with zero attached hydrogens (tertiary/aromatic N) is 3. The summed E-state index contributed by atoms with van der Waals surface area (Å²) in [5, 5.41) is 12.4. The van der Waals surface area contributed by atoms with Gasteiger partial charge in [-0.1, -0.05) is 0 Å². The Morgan fingerprint density at radius 3 is 2.46 bits per heavy atom. The van der Waals surface area contributed by atoms with E-state index in [4.69, 9.17) is 4.74 Å². The molecule has 2 heterocycles. The van der Waals surface area contributed by atoms with E-state index in [1.54, 1.807) is 6.92 Å². The average Bonchev–Trinajstić information content (AvgIpc) is 3.47. The van der Waals surface area contributed by atoms with Gasteiger partial charge in [0.1, 0.15) is 28.6 Å². The summed E-state index contributed by atoms with van der Waals surface area (Å²) in [4.78, 5) is 29.1. The van der Waals surface area contributed by atoms with Gasteiger partial charge in [0.2, 0.25) is 5.92 Å². The molecule has 2 aromatic rings. The molecule has 2 fully saturated rings. The second-order valence-corrected chi connectivity index (χ2v) is 9.49. The maximum atomic E-state index is 14.5. The summed E-state index contributed by atoms with van der Waals surface area (Å²) in [5.41, 5.74) is -1.72. The van der Waals surface area contributed by atoms with E-state index in [1.165, 1.54) is 16.5 Å². The van der Waals surface area contributed by atoms with Crippen LogP contribution in [0.25, 0.3) is 5.65 Å². The molecule has 7 nitrogen and oxygen atoms in total. The van der Waals surface area contributed by atoms with Crippen molar-refractivity contribution >= 4 is 17.5 Å². The number of carbonyl (C=O) groups is 2. The van der Waals surface area contributed by atoms with Crippen LogP contribution >= 0.6 is 0 Å². The fourth-order valence-corrected chi connectivity index (χ4v) is 4.63. The molecule has 0 unspecified atom stereocenters. The number of halogens is 4. The molecule has 0 saturated heterocycles. The van der Waals surface area contributed by atoms with Gasteiger partial charge in [-0.2, -0.15) is 14.0 Å². The van der Waals surface area contributed by atoms with Crippen molar-refractivity contribution in [1.29, 1.82) is 5.26 Å². The standard InChI is InChI=1S/C24H26F4N4O3/c1-3-35-21(34)23(8-9-23)31-20(33)15-11-16(13-29)32-17(10-14-4-6-24(27,28)7-5-14)19(22(2,25)26)30-18(32)12-15/h11-12,14H,3-10H2,1-2H3,(H,31,33). The van der Waals surface area contributed by atoms with E-state index in [9.17, 15) is 32.4 Å². The van der Waals surface area contributed by atoms with Crippen molar-refractivity contribution < 1.29 is 31.9 Å². The number of hydrogen-bond donors (Lipinski definition) is 1. The maximum Gasteiger partial charge on any atom is 0.331 e. The first-order valence-electron chi connectivity index (χ1n) is 11.6. The number of amides is 1. The van der Waals surface area contributed by atoms with Gasteiger partial charge < -0.3 is 10.1 Å². The van der Waals surface area contributed by atoms with Crippen LogP contribution in [0.5, 0.6) is 0 Å². The third-order valence-electron chi connectivity index (χ3n) is 6.70. The van der Waals surface area contributed by atoms with Crippen molar-refractivity contribution in [2.75, 3.05) is 6.61 Å². The van der Waals surface area contributed by atoms with E-state index in [-0.39, 0.29) is 67.2 Å². The number of nitriles is 1. The summed E-state index contributed by atoms with van der Waals surface area (Å²) in [6.45, 7) is 2.49. The SMILES string of the molecule is CCOC(=O)C1(NC(=O)c2cc(C#N)n3c(CC4CCC(F)(F)CC4)c(C(C)(F)F)nc3c2)CC1. The summed E-state index contributed by atoms with van der Waals surface area (Å²) in [5.74, 6) is -7.57. The van der Waals surface area contributed by atoms with Crippen LogP contribution in [0.4, 0.5) is 17.6 Å². The van der Waals surface area contributed by atoms with Crippen LogP contribution in [-0.2, 0) is 21.9 Å². The number of aromatic nitrogens is 2. The summed E-state index contributed by atoms with van der Waals surface area (Å²) < 4.78 is 62.5. The molecule has 4 rings (SSSR count). The number of alkyl halides is 4. The van der Waals surface area contributed by atoms with E-state index >= 15 is 0 Å². The Balaban J connectivity index is 1.70. The Labute approximate surface area is 199 Å². The van der Waals surface area contributed by atoms with Crippen LogP contribution in [-0.4, -0.2) is 39.3 Å². The Morgan fingerprint density at radius 2 is 1.91 bits per heavy atom. The topological polar surface area (TPSA) is 96.5 Å². The number of hydrogen-bond acceptors (Lipinski definition) is 5. The quantitative estimate of drug-likeness (QED) is 0.451. The molecule has 11 heteroatoms. The van der Waals surface area contributed by atoms with Crippen molar-refractivity contribution in [1.82, 2.24) is 14.7 Å². The molecule has 2 aliphatic rings. The fraction of sp³-hybridized carbons (Fsp3) is 0.583. The maximum absolute atomic E-state index is 14.5. The lowest BCUT2D eigenvalue weighted by atomic mass is 9.83. The van der Waals surface area contributed by atoms with Crippen molar-refractivity contribution in [2.45, 2.75) is 76.2 Å². The van der Waals surface area contributed by atoms with Gasteiger partial charge in [-0.15, -0.1) is 0 Å². The molecule has 1 amide bonds. The minimum Gasteiger partial charge on any atom is -0.464 e. The number of nitrogens with one attached hydrogen (secondary N) is 1. The van der Waals surface area contributed by atoms with E-state index in [2.05, 4.69) is 10.3 Å². The third kappa shape index (κ3) is 4.97. The highest BCUT2D eigenvalue weighted by Gasteiger charge is 2.52. The summed E-state index contributed by atoms with van der Waals surface area (Å²) in [7, 11) is 0. The summed E-state index contributed by atoms with van der Waals surface area (Å²) >= 11 is 0. The van der Waals surface area contributed by atoms with E-state index in [0.29, 0.717) is 19.8 Å². The van der Waals surface area contributed by atoms with Gasteiger partial charge in [0.05, 0.1) is 12.3 Å². The van der Waals surface area contributed by atoms with E-state index < -0.39 is 35.0 Å². The third-order valence-corrected chi connectivity index (χ3v) is 6.70. The molecule has 0 bridgehead atoms. The van der Waals surface area contributed by atoms with Gasteiger partial charge in [-0.05, 0) is 57.1 Å². The van der Waals surface area contributed by atoms with Gasteiger partial charge in [0.15, 0.2) is 0 Å². The molecular formula is C24H26F4N4O3. The van der Waals surface area contributed by atoms with Crippen molar-refractivity contribution in [2.24, 2.45) is 5.92 Å². The summed E-state index contributed by atoms with van der Waals surface area (Å²) in [6.07, 6.45) is 0.590. The zero-order valence-electron chi connectivity index (χ0n) is 19.5. The highest BCUT2D eigenvalue weighted by atomic mass is 19.3. The largest absolute Gasteiger partial charge is 0.464 e. The molecule has 0 atom stereocenters. The van der Waals surface area contributed by atoms with Gasteiger partial charge >= 0.3 is 5.97 Å². The number of rotatable bonds is 7. The van der Waals surface area contributed by atoms with Gasteiger partial charge in [0.25, 0.3) is 11.8 Å². The predicted octanol–water partition coefficient (Wildman–Crippen LogP) is 4.51. The second kappa shape index (κ2) is 8.81. The zero-order valence-corrected chi connectivity index (χ0v) is 19.5. The molecule has 2 aliphatic carbocycles. The number of imidazole rings is 1. The van der Waals surface area contributed by atoms with Crippen LogP contribution in [0.15, 0.2) is 12.1 Å². The zero-order chi connectivity index (χ0) is 25.6. The van der Waals surface area contributed by atoms with Crippen molar-refractivity contribution in [3.63, 3.8) is 0 Å². The van der Waals surface area contributed by atoms with Crippen LogP contribution in [0.2, 0.25) is 0 Å². The lowest BCUT2D eigenvalue weighted by molar-refractivity contribution is -0.146. The molecular weight excluding hydrogens is 468 g/mol. The van der Waals surface area contributed by atoms with Gasteiger partial charge in [-0.3, -0.25) is 9.20 Å². The average molecular weight is 494 g/mol. The smallest absolute Gasteiger partial charge is 0.331 e. The molecule has 1 N–H and O–H groups in total. The minimum atomic E-state index is -3.35. The van der Waals surface area contributed by atoms with Crippen LogP contribution in [0, 0.1) is 17.2 Å².